The van der Waals surface area contributed by atoms with Gasteiger partial charge in [-0.05, 0) is 47.4 Å². The number of benzene rings is 3. The zero-order valence-electron chi connectivity index (χ0n) is 19.7. The highest BCUT2D eigenvalue weighted by molar-refractivity contribution is 6.10. The summed E-state index contributed by atoms with van der Waals surface area (Å²) < 4.78 is 6.45. The lowest BCUT2D eigenvalue weighted by molar-refractivity contribution is 0.103. The second-order valence-electron chi connectivity index (χ2n) is 9.48. The van der Waals surface area contributed by atoms with Crippen LogP contribution in [0.1, 0.15) is 81.4 Å². The minimum absolute atomic E-state index is 0.0313. The van der Waals surface area contributed by atoms with E-state index in [1.807, 2.05) is 54.6 Å². The summed E-state index contributed by atoms with van der Waals surface area (Å²) in [6.07, 6.45) is 2.05. The van der Waals surface area contributed by atoms with E-state index in [9.17, 15) is 4.79 Å². The number of rotatable bonds is 8. The molecule has 0 amide bonds. The fourth-order valence-corrected chi connectivity index (χ4v) is 3.57. The maximum absolute atomic E-state index is 13.1. The Labute approximate surface area is 187 Å². The first-order chi connectivity index (χ1) is 14.7. The van der Waals surface area contributed by atoms with Crippen molar-refractivity contribution in [2.24, 2.45) is 0 Å². The molecule has 3 aromatic rings. The van der Waals surface area contributed by atoms with E-state index < -0.39 is 0 Å². The van der Waals surface area contributed by atoms with E-state index in [0.29, 0.717) is 16.9 Å². The molecule has 0 radical (unpaired) electrons. The quantitative estimate of drug-likeness (QED) is 0.348. The maximum atomic E-state index is 13.1. The van der Waals surface area contributed by atoms with E-state index in [1.54, 1.807) is 0 Å². The molecule has 2 nitrogen and oxygen atoms in total. The van der Waals surface area contributed by atoms with Crippen LogP contribution in [0.2, 0.25) is 0 Å². The topological polar surface area (TPSA) is 26.3 Å². The number of para-hydroxylation sites is 1. The molecule has 0 aliphatic carbocycles. The average Bonchev–Trinajstić information content (AvgIpc) is 2.79. The van der Waals surface area contributed by atoms with Crippen LogP contribution in [0.5, 0.6) is 11.5 Å². The van der Waals surface area contributed by atoms with Crippen LogP contribution < -0.4 is 4.74 Å². The van der Waals surface area contributed by atoms with Gasteiger partial charge < -0.3 is 4.74 Å². The van der Waals surface area contributed by atoms with Gasteiger partial charge in [-0.1, -0.05) is 96.1 Å². The summed E-state index contributed by atoms with van der Waals surface area (Å²) >= 11 is 0. The van der Waals surface area contributed by atoms with E-state index in [4.69, 9.17) is 4.74 Å². The lowest BCUT2D eigenvalue weighted by atomic mass is 9.76. The molecular weight excluding hydrogens is 380 g/mol. The van der Waals surface area contributed by atoms with E-state index in [2.05, 4.69) is 59.7 Å². The lowest BCUT2D eigenvalue weighted by Gasteiger charge is -2.30. The monoisotopic (exact) mass is 414 g/mol. The van der Waals surface area contributed by atoms with Crippen molar-refractivity contribution >= 4 is 5.78 Å². The predicted molar refractivity (Wildman–Crippen MR) is 129 cm³/mol. The van der Waals surface area contributed by atoms with Crippen LogP contribution in [0, 0.1) is 0 Å². The van der Waals surface area contributed by atoms with Gasteiger partial charge in [0, 0.05) is 11.1 Å². The third-order valence-corrected chi connectivity index (χ3v) is 6.65. The predicted octanol–water partition coefficient (Wildman–Crippen LogP) is 8.09. The normalized spacial score (nSPS) is 11.9. The molecule has 0 aliphatic rings. The van der Waals surface area contributed by atoms with Crippen molar-refractivity contribution in [2.45, 2.75) is 65.2 Å². The molecule has 0 atom stereocenters. The average molecular weight is 415 g/mol. The smallest absolute Gasteiger partial charge is 0.196 e. The molecule has 0 saturated carbocycles. The SMILES string of the molecule is CCC(C)(C)c1ccc(Oc2ccccc2C(=O)c2ccccc2)c(C(C)(C)CC)c1. The van der Waals surface area contributed by atoms with Crippen molar-refractivity contribution in [3.05, 3.63) is 95.1 Å². The van der Waals surface area contributed by atoms with Crippen molar-refractivity contribution in [1.29, 1.82) is 0 Å². The van der Waals surface area contributed by atoms with Crippen LogP contribution in [-0.2, 0) is 10.8 Å². The molecule has 162 valence electrons. The molecule has 0 aromatic heterocycles. The number of carbonyl (C=O) groups is 1. The molecule has 0 aliphatic heterocycles. The molecule has 0 saturated heterocycles. The summed E-state index contributed by atoms with van der Waals surface area (Å²) in [4.78, 5) is 13.1. The summed E-state index contributed by atoms with van der Waals surface area (Å²) in [5.41, 5.74) is 3.77. The number of hydrogen-bond donors (Lipinski definition) is 0. The maximum Gasteiger partial charge on any atom is 0.196 e. The third-order valence-electron chi connectivity index (χ3n) is 6.65. The molecule has 3 aromatic carbocycles. The molecule has 31 heavy (non-hydrogen) atoms. The zero-order valence-corrected chi connectivity index (χ0v) is 19.7. The van der Waals surface area contributed by atoms with Crippen LogP contribution in [0.25, 0.3) is 0 Å². The first-order valence-electron chi connectivity index (χ1n) is 11.2. The van der Waals surface area contributed by atoms with Crippen molar-refractivity contribution in [3.8, 4) is 11.5 Å². The molecule has 0 fully saturated rings. The highest BCUT2D eigenvalue weighted by Crippen LogP contribution is 2.40. The molecule has 3 rings (SSSR count). The molecular formula is C29H34O2. The second kappa shape index (κ2) is 9.09. The fourth-order valence-electron chi connectivity index (χ4n) is 3.57. The number of ether oxygens (including phenoxy) is 1. The van der Waals surface area contributed by atoms with Crippen LogP contribution in [0.4, 0.5) is 0 Å². The minimum Gasteiger partial charge on any atom is -0.456 e. The minimum atomic E-state index is -0.0481. The first-order valence-corrected chi connectivity index (χ1v) is 11.2. The van der Waals surface area contributed by atoms with Gasteiger partial charge in [0.1, 0.15) is 11.5 Å². The Kier molecular flexibility index (Phi) is 6.69. The molecule has 2 heteroatoms. The summed E-state index contributed by atoms with van der Waals surface area (Å²) in [7, 11) is 0. The van der Waals surface area contributed by atoms with E-state index in [-0.39, 0.29) is 16.6 Å². The number of ketones is 1. The van der Waals surface area contributed by atoms with Crippen LogP contribution >= 0.6 is 0 Å². The Bertz CT molecular complexity index is 1050. The van der Waals surface area contributed by atoms with E-state index in [1.165, 1.54) is 11.1 Å². The van der Waals surface area contributed by atoms with Gasteiger partial charge in [0.2, 0.25) is 0 Å². The lowest BCUT2D eigenvalue weighted by Crippen LogP contribution is -2.21. The second-order valence-corrected chi connectivity index (χ2v) is 9.48. The fraction of sp³-hybridized carbons (Fsp3) is 0.345. The Hall–Kier alpha value is -2.87. The largest absolute Gasteiger partial charge is 0.456 e. The highest BCUT2D eigenvalue weighted by atomic mass is 16.5. The van der Waals surface area contributed by atoms with Crippen molar-refractivity contribution in [1.82, 2.24) is 0 Å². The molecule has 0 N–H and O–H groups in total. The third kappa shape index (κ3) is 4.90. The van der Waals surface area contributed by atoms with E-state index in [0.717, 1.165) is 18.6 Å². The summed E-state index contributed by atoms with van der Waals surface area (Å²) in [5, 5.41) is 0. The Morgan fingerprint density at radius 1 is 0.742 bits per heavy atom. The molecule has 0 spiro atoms. The van der Waals surface area contributed by atoms with E-state index >= 15 is 0 Å². The highest BCUT2D eigenvalue weighted by Gasteiger charge is 2.27. The summed E-state index contributed by atoms with van der Waals surface area (Å²) in [5.74, 6) is 1.37. The van der Waals surface area contributed by atoms with Crippen LogP contribution in [0.3, 0.4) is 0 Å². The van der Waals surface area contributed by atoms with Gasteiger partial charge in [-0.2, -0.15) is 0 Å². The van der Waals surface area contributed by atoms with Gasteiger partial charge in [-0.15, -0.1) is 0 Å². The van der Waals surface area contributed by atoms with Gasteiger partial charge in [-0.25, -0.2) is 0 Å². The number of hydrogen-bond acceptors (Lipinski definition) is 2. The molecule has 0 heterocycles. The Morgan fingerprint density at radius 2 is 1.35 bits per heavy atom. The standard InChI is InChI=1S/C29H34O2/c1-7-28(3,4)22-18-19-26(24(20-22)29(5,6)8-2)31-25-17-13-12-16-23(25)27(30)21-14-10-9-11-15-21/h9-20H,7-8H2,1-6H3. The molecule has 0 unspecified atom stereocenters. The van der Waals surface area contributed by atoms with Crippen molar-refractivity contribution in [3.63, 3.8) is 0 Å². The van der Waals surface area contributed by atoms with Crippen molar-refractivity contribution in [2.75, 3.05) is 0 Å². The summed E-state index contributed by atoms with van der Waals surface area (Å²) in [6, 6.07) is 23.4. The van der Waals surface area contributed by atoms with Crippen LogP contribution in [0.15, 0.2) is 72.8 Å². The van der Waals surface area contributed by atoms with Gasteiger partial charge >= 0.3 is 0 Å². The Morgan fingerprint density at radius 3 is 2.00 bits per heavy atom. The van der Waals surface area contributed by atoms with Crippen LogP contribution in [-0.4, -0.2) is 5.78 Å². The summed E-state index contributed by atoms with van der Waals surface area (Å²) in [6.45, 7) is 13.5. The van der Waals surface area contributed by atoms with Gasteiger partial charge in [-0.3, -0.25) is 4.79 Å². The van der Waals surface area contributed by atoms with Crippen molar-refractivity contribution < 1.29 is 9.53 Å². The molecule has 0 bridgehead atoms. The van der Waals surface area contributed by atoms with Gasteiger partial charge in [0.15, 0.2) is 5.78 Å². The van der Waals surface area contributed by atoms with Gasteiger partial charge in [0.25, 0.3) is 0 Å². The Balaban J connectivity index is 2.07. The number of carbonyl (C=O) groups excluding carboxylic acids is 1. The zero-order chi connectivity index (χ0) is 22.6. The van der Waals surface area contributed by atoms with Gasteiger partial charge in [0.05, 0.1) is 5.56 Å². The first kappa shape index (κ1) is 22.8.